The average molecular weight is 524 g/mol. The molecular formula is C22H14F6N6OS. The molecule has 36 heavy (non-hydrogen) atoms. The molecule has 0 spiro atoms. The van der Waals surface area contributed by atoms with Crippen molar-refractivity contribution in [3.8, 4) is 22.8 Å². The van der Waals surface area contributed by atoms with Crippen LogP contribution in [0.1, 0.15) is 5.56 Å². The van der Waals surface area contributed by atoms with Crippen LogP contribution in [0.5, 0.6) is 5.75 Å². The summed E-state index contributed by atoms with van der Waals surface area (Å²) in [6.07, 6.45) is -5.90. The first kappa shape index (κ1) is 24.9. The second kappa shape index (κ2) is 9.81. The number of ether oxygens (including phenoxy) is 1. The Morgan fingerprint density at radius 1 is 0.889 bits per heavy atom. The highest BCUT2D eigenvalue weighted by Crippen LogP contribution is 2.34. The molecule has 0 fully saturated rings. The number of nitrogens with zero attached hydrogens (tertiary/aromatic N) is 4. The fraction of sp³-hybridized carbons (Fsp3) is 0.0909. The lowest BCUT2D eigenvalue weighted by Crippen LogP contribution is -2.21. The zero-order valence-corrected chi connectivity index (χ0v) is 18.6. The van der Waals surface area contributed by atoms with Crippen molar-refractivity contribution in [3.05, 3.63) is 78.9 Å². The van der Waals surface area contributed by atoms with E-state index in [2.05, 4.69) is 30.4 Å². The van der Waals surface area contributed by atoms with Gasteiger partial charge in [-0.05, 0) is 66.8 Å². The zero-order valence-electron chi connectivity index (χ0n) is 17.8. The lowest BCUT2D eigenvalue weighted by atomic mass is 10.2. The molecule has 0 aliphatic rings. The monoisotopic (exact) mass is 524 g/mol. The van der Waals surface area contributed by atoms with Gasteiger partial charge in [0, 0.05) is 17.4 Å². The minimum Gasteiger partial charge on any atom is -0.406 e. The molecule has 0 saturated carbocycles. The van der Waals surface area contributed by atoms with Crippen molar-refractivity contribution in [2.75, 3.05) is 10.6 Å². The summed E-state index contributed by atoms with van der Waals surface area (Å²) in [6, 6.07) is 12.5. The molecule has 4 aromatic rings. The molecule has 4 rings (SSSR count). The predicted molar refractivity (Wildman–Crippen MR) is 123 cm³/mol. The van der Waals surface area contributed by atoms with Gasteiger partial charge in [-0.1, -0.05) is 0 Å². The Kier molecular flexibility index (Phi) is 6.79. The maximum absolute atomic E-state index is 13.1. The van der Waals surface area contributed by atoms with Crippen LogP contribution in [0.3, 0.4) is 0 Å². The molecule has 0 unspecified atom stereocenters. The molecule has 0 saturated heterocycles. The van der Waals surface area contributed by atoms with Gasteiger partial charge in [0.15, 0.2) is 10.9 Å². The van der Waals surface area contributed by atoms with Crippen molar-refractivity contribution in [1.29, 1.82) is 0 Å². The van der Waals surface area contributed by atoms with Gasteiger partial charge in [-0.25, -0.2) is 9.67 Å². The summed E-state index contributed by atoms with van der Waals surface area (Å²) in [4.78, 5) is 7.88. The average Bonchev–Trinajstić information content (AvgIpc) is 3.29. The summed E-state index contributed by atoms with van der Waals surface area (Å²) in [5.74, 6) is -0.0247. The van der Waals surface area contributed by atoms with Crippen LogP contribution in [0.15, 0.2) is 73.3 Å². The van der Waals surface area contributed by atoms with Gasteiger partial charge < -0.3 is 15.4 Å². The molecule has 14 heteroatoms. The molecule has 186 valence electrons. The number of aromatic nitrogens is 4. The Morgan fingerprint density at radius 3 is 2.22 bits per heavy atom. The first-order valence-corrected chi connectivity index (χ1v) is 10.4. The molecule has 7 nitrogen and oxygen atoms in total. The SMILES string of the molecule is FC(F)(F)Oc1ccc(-n2cnc(-c3ccc(NC(=S)Nc4cnccc4C(F)(F)F)cc3)n2)cc1. The molecule has 2 aromatic heterocycles. The van der Waals surface area contributed by atoms with Gasteiger partial charge >= 0.3 is 12.5 Å². The van der Waals surface area contributed by atoms with Crippen molar-refractivity contribution in [2.45, 2.75) is 12.5 Å². The number of thiocarbonyl (C=S) groups is 1. The maximum Gasteiger partial charge on any atom is 0.573 e. The van der Waals surface area contributed by atoms with Gasteiger partial charge in [-0.15, -0.1) is 18.3 Å². The molecule has 0 atom stereocenters. The third-order valence-corrected chi connectivity index (χ3v) is 4.81. The summed E-state index contributed by atoms with van der Waals surface area (Å²) < 4.78 is 81.5. The van der Waals surface area contributed by atoms with Crippen LogP contribution >= 0.6 is 12.2 Å². The Morgan fingerprint density at radius 2 is 1.58 bits per heavy atom. The number of rotatable bonds is 5. The van der Waals surface area contributed by atoms with Crippen molar-refractivity contribution in [2.24, 2.45) is 0 Å². The van der Waals surface area contributed by atoms with E-state index in [-0.39, 0.29) is 16.5 Å². The second-order valence-corrected chi connectivity index (χ2v) is 7.54. The minimum absolute atomic E-state index is 0.0680. The molecule has 0 radical (unpaired) electrons. The predicted octanol–water partition coefficient (Wildman–Crippen LogP) is 6.06. The first-order valence-electron chi connectivity index (χ1n) is 9.95. The van der Waals surface area contributed by atoms with Crippen molar-refractivity contribution in [1.82, 2.24) is 19.7 Å². The lowest BCUT2D eigenvalue weighted by molar-refractivity contribution is -0.274. The van der Waals surface area contributed by atoms with E-state index in [0.29, 0.717) is 22.8 Å². The van der Waals surface area contributed by atoms with E-state index < -0.39 is 18.1 Å². The summed E-state index contributed by atoms with van der Waals surface area (Å²) in [5.41, 5.74) is 0.384. The highest BCUT2D eigenvalue weighted by atomic mass is 32.1. The van der Waals surface area contributed by atoms with Crippen LogP contribution in [0.2, 0.25) is 0 Å². The van der Waals surface area contributed by atoms with E-state index in [1.54, 1.807) is 24.3 Å². The van der Waals surface area contributed by atoms with Crippen molar-refractivity contribution < 1.29 is 31.1 Å². The highest BCUT2D eigenvalue weighted by molar-refractivity contribution is 7.80. The molecule has 2 heterocycles. The van der Waals surface area contributed by atoms with Crippen molar-refractivity contribution in [3.63, 3.8) is 0 Å². The van der Waals surface area contributed by atoms with E-state index >= 15 is 0 Å². The van der Waals surface area contributed by atoms with Crippen molar-refractivity contribution >= 4 is 28.7 Å². The van der Waals surface area contributed by atoms with Gasteiger partial charge in [0.1, 0.15) is 12.1 Å². The second-order valence-electron chi connectivity index (χ2n) is 7.13. The van der Waals surface area contributed by atoms with E-state index in [1.165, 1.54) is 23.1 Å². The normalized spacial score (nSPS) is 11.7. The van der Waals surface area contributed by atoms with Gasteiger partial charge in [0.05, 0.1) is 23.1 Å². The molecule has 2 aromatic carbocycles. The molecular weight excluding hydrogens is 510 g/mol. The summed E-state index contributed by atoms with van der Waals surface area (Å²) in [7, 11) is 0. The summed E-state index contributed by atoms with van der Waals surface area (Å²) >= 11 is 5.11. The summed E-state index contributed by atoms with van der Waals surface area (Å²) in [5, 5.41) is 9.51. The first-order chi connectivity index (χ1) is 17.0. The third-order valence-electron chi connectivity index (χ3n) is 4.60. The molecule has 0 amide bonds. The molecule has 0 bridgehead atoms. The van der Waals surface area contributed by atoms with Crippen LogP contribution in [-0.2, 0) is 6.18 Å². The van der Waals surface area contributed by atoms with Crippen LogP contribution in [0.4, 0.5) is 37.7 Å². The van der Waals surface area contributed by atoms with Gasteiger partial charge in [-0.3, -0.25) is 4.98 Å². The maximum atomic E-state index is 13.1. The van der Waals surface area contributed by atoms with Crippen LogP contribution < -0.4 is 15.4 Å². The quantitative estimate of drug-likeness (QED) is 0.243. The molecule has 0 aliphatic carbocycles. The number of hydrogen-bond donors (Lipinski definition) is 2. The zero-order chi connectivity index (χ0) is 25.9. The topological polar surface area (TPSA) is 76.9 Å². The fourth-order valence-corrected chi connectivity index (χ4v) is 3.28. The number of alkyl halides is 6. The van der Waals surface area contributed by atoms with E-state index in [1.807, 2.05) is 0 Å². The Bertz CT molecular complexity index is 1350. The Labute approximate surface area is 204 Å². The fourth-order valence-electron chi connectivity index (χ4n) is 3.05. The Hall–Kier alpha value is -4.20. The minimum atomic E-state index is -4.78. The van der Waals surface area contributed by atoms with Crippen LogP contribution in [-0.4, -0.2) is 31.2 Å². The highest BCUT2D eigenvalue weighted by Gasteiger charge is 2.33. The lowest BCUT2D eigenvalue weighted by Gasteiger charge is -2.15. The number of halogens is 6. The van der Waals surface area contributed by atoms with E-state index in [9.17, 15) is 26.3 Å². The largest absolute Gasteiger partial charge is 0.573 e. The standard InChI is InChI=1S/C22H14F6N6OS/c23-21(24,25)17-9-10-29-11-18(17)32-20(36)31-14-3-1-13(2-4-14)19-30-12-34(33-19)15-5-7-16(8-6-15)35-22(26,27)28/h1-12H,(H2,31,32,36). The third kappa shape index (κ3) is 6.27. The van der Waals surface area contributed by atoms with E-state index in [0.717, 1.165) is 30.6 Å². The number of hydrogen-bond acceptors (Lipinski definition) is 5. The molecule has 0 aliphatic heterocycles. The van der Waals surface area contributed by atoms with Crippen LogP contribution in [0.25, 0.3) is 17.1 Å². The summed E-state index contributed by atoms with van der Waals surface area (Å²) in [6.45, 7) is 0. The number of nitrogens with one attached hydrogen (secondary N) is 2. The smallest absolute Gasteiger partial charge is 0.406 e. The molecule has 2 N–H and O–H groups in total. The number of benzene rings is 2. The van der Waals surface area contributed by atoms with Gasteiger partial charge in [0.25, 0.3) is 0 Å². The van der Waals surface area contributed by atoms with Gasteiger partial charge in [-0.2, -0.15) is 13.2 Å². The van der Waals surface area contributed by atoms with Gasteiger partial charge in [0.2, 0.25) is 0 Å². The number of pyridine rings is 1. The van der Waals surface area contributed by atoms with Crippen LogP contribution in [0, 0.1) is 0 Å². The Balaban J connectivity index is 1.41. The number of anilines is 2. The van der Waals surface area contributed by atoms with E-state index in [4.69, 9.17) is 12.2 Å².